The summed E-state index contributed by atoms with van der Waals surface area (Å²) >= 11 is 0. The number of hydrogen-bond acceptors (Lipinski definition) is 5. The van der Waals surface area contributed by atoms with E-state index in [1.54, 1.807) is 17.2 Å². The highest BCUT2D eigenvalue weighted by atomic mass is 16.5. The maximum absolute atomic E-state index is 12.4. The van der Waals surface area contributed by atoms with Gasteiger partial charge in [-0.15, -0.1) is 0 Å². The van der Waals surface area contributed by atoms with Crippen LogP contribution in [0.1, 0.15) is 36.2 Å². The molecular formula is C16H22N4O3. The monoisotopic (exact) mass is 318 g/mol. The number of carbonyl (C=O) groups excluding carboxylic acids is 2. The third-order valence-electron chi connectivity index (χ3n) is 4.22. The van der Waals surface area contributed by atoms with Crippen LogP contribution in [0.4, 0.5) is 0 Å². The quantitative estimate of drug-likeness (QED) is 0.650. The molecule has 0 radical (unpaired) electrons. The van der Waals surface area contributed by atoms with E-state index in [2.05, 4.69) is 10.3 Å². The average Bonchev–Trinajstić information content (AvgIpc) is 2.98. The molecule has 7 nitrogen and oxygen atoms in total. The van der Waals surface area contributed by atoms with Crippen LogP contribution in [0, 0.1) is 0 Å². The number of hydrogen-bond donors (Lipinski definition) is 1. The van der Waals surface area contributed by atoms with Gasteiger partial charge >= 0.3 is 0 Å². The third-order valence-corrected chi connectivity index (χ3v) is 4.22. The Kier molecular flexibility index (Phi) is 4.58. The number of aromatic nitrogens is 2. The van der Waals surface area contributed by atoms with Crippen molar-refractivity contribution >= 4 is 11.7 Å². The van der Waals surface area contributed by atoms with Gasteiger partial charge in [-0.05, 0) is 6.92 Å². The van der Waals surface area contributed by atoms with E-state index in [1.807, 2.05) is 17.6 Å². The fourth-order valence-corrected chi connectivity index (χ4v) is 3.09. The molecule has 2 unspecified atom stereocenters. The molecule has 0 aromatic carbocycles. The number of carbonyl (C=O) groups is 2. The van der Waals surface area contributed by atoms with E-state index in [0.29, 0.717) is 32.0 Å². The van der Waals surface area contributed by atoms with Gasteiger partial charge in [0.25, 0.3) is 0 Å². The van der Waals surface area contributed by atoms with Gasteiger partial charge in [-0.25, -0.2) is 4.98 Å². The van der Waals surface area contributed by atoms with Crippen molar-refractivity contribution in [2.24, 2.45) is 0 Å². The highest BCUT2D eigenvalue weighted by Gasteiger charge is 2.28. The molecule has 2 aliphatic heterocycles. The maximum atomic E-state index is 12.4. The molecule has 23 heavy (non-hydrogen) atoms. The van der Waals surface area contributed by atoms with Crippen LogP contribution in [0.5, 0.6) is 0 Å². The molecule has 0 saturated carbocycles. The van der Waals surface area contributed by atoms with E-state index in [4.69, 9.17) is 4.74 Å². The Morgan fingerprint density at radius 3 is 3.00 bits per heavy atom. The average molecular weight is 318 g/mol. The Labute approximate surface area is 135 Å². The van der Waals surface area contributed by atoms with Crippen molar-refractivity contribution in [2.45, 2.75) is 32.5 Å². The first kappa shape index (κ1) is 15.9. The summed E-state index contributed by atoms with van der Waals surface area (Å²) in [7, 11) is 0. The zero-order chi connectivity index (χ0) is 16.4. The molecule has 7 heteroatoms. The number of amides is 1. The molecule has 124 valence electrons. The Bertz CT molecular complexity index is 631. The Balaban J connectivity index is 1.68. The first-order chi connectivity index (χ1) is 11.1. The Hall–Kier alpha value is -1.99. The second kappa shape index (κ2) is 6.64. The van der Waals surface area contributed by atoms with Gasteiger partial charge in [0, 0.05) is 32.1 Å². The number of nitrogens with zero attached hydrogens (tertiary/aromatic N) is 3. The number of rotatable bonds is 3. The molecule has 2 atom stereocenters. The lowest BCUT2D eigenvalue weighted by Gasteiger charge is -2.32. The zero-order valence-corrected chi connectivity index (χ0v) is 13.5. The van der Waals surface area contributed by atoms with Crippen LogP contribution in [0.15, 0.2) is 18.3 Å². The summed E-state index contributed by atoms with van der Waals surface area (Å²) < 4.78 is 7.30. The fourth-order valence-electron chi connectivity index (χ4n) is 3.09. The van der Waals surface area contributed by atoms with Gasteiger partial charge in [-0.3, -0.25) is 9.59 Å². The predicted octanol–water partition coefficient (Wildman–Crippen LogP) is 0.533. The summed E-state index contributed by atoms with van der Waals surface area (Å²) in [5, 5.41) is 3.28. The zero-order valence-electron chi connectivity index (χ0n) is 13.5. The van der Waals surface area contributed by atoms with E-state index in [9.17, 15) is 9.59 Å². The first-order valence-electron chi connectivity index (χ1n) is 7.91. The van der Waals surface area contributed by atoms with Crippen molar-refractivity contribution in [3.8, 4) is 0 Å². The lowest BCUT2D eigenvalue weighted by molar-refractivity contribution is -0.128. The molecule has 1 aromatic heterocycles. The molecular weight excluding hydrogens is 296 g/mol. The smallest absolute Gasteiger partial charge is 0.246 e. The van der Waals surface area contributed by atoms with Crippen molar-refractivity contribution in [1.29, 1.82) is 0 Å². The third kappa shape index (κ3) is 3.35. The minimum atomic E-state index is -0.0390. The lowest BCUT2D eigenvalue weighted by Crippen LogP contribution is -2.41. The summed E-state index contributed by atoms with van der Waals surface area (Å²) in [6.45, 7) is 6.63. The predicted molar refractivity (Wildman–Crippen MR) is 84.1 cm³/mol. The molecule has 0 bridgehead atoms. The second-order valence-electron chi connectivity index (χ2n) is 6.05. The molecule has 1 amide bonds. The van der Waals surface area contributed by atoms with Gasteiger partial charge in [0.05, 0.1) is 32.0 Å². The minimum absolute atomic E-state index is 0.00125. The molecule has 1 aromatic rings. The van der Waals surface area contributed by atoms with Crippen LogP contribution in [-0.4, -0.2) is 58.5 Å². The Morgan fingerprint density at radius 2 is 2.30 bits per heavy atom. The lowest BCUT2D eigenvalue weighted by atomic mass is 10.2. The SMILES string of the molecule is CC(=O)c1cnc2n1C(C)CN(C(=O)/C=C/C1COCCN1)C2. The largest absolute Gasteiger partial charge is 0.378 e. The summed E-state index contributed by atoms with van der Waals surface area (Å²) in [5.41, 5.74) is 0.610. The van der Waals surface area contributed by atoms with Crippen LogP contribution >= 0.6 is 0 Å². The maximum Gasteiger partial charge on any atom is 0.246 e. The van der Waals surface area contributed by atoms with E-state index in [0.717, 1.165) is 12.4 Å². The van der Waals surface area contributed by atoms with E-state index >= 15 is 0 Å². The fraction of sp³-hybridized carbons (Fsp3) is 0.562. The summed E-state index contributed by atoms with van der Waals surface area (Å²) in [6.07, 6.45) is 5.05. The molecule has 0 aliphatic carbocycles. The number of Topliss-reactive ketones (excluding diaryl/α,β-unsaturated/α-hetero) is 1. The van der Waals surface area contributed by atoms with Gasteiger partial charge < -0.3 is 19.5 Å². The molecule has 0 spiro atoms. The first-order valence-corrected chi connectivity index (χ1v) is 7.91. The number of morpholine rings is 1. The number of ether oxygens (including phenoxy) is 1. The van der Waals surface area contributed by atoms with Crippen molar-refractivity contribution in [3.63, 3.8) is 0 Å². The topological polar surface area (TPSA) is 76.5 Å². The molecule has 1 N–H and O–H groups in total. The second-order valence-corrected chi connectivity index (χ2v) is 6.05. The van der Waals surface area contributed by atoms with Gasteiger partial charge in [-0.2, -0.15) is 0 Å². The molecule has 1 fully saturated rings. The molecule has 2 aliphatic rings. The van der Waals surface area contributed by atoms with Crippen LogP contribution in [0.3, 0.4) is 0 Å². The number of ketones is 1. The summed E-state index contributed by atoms with van der Waals surface area (Å²) in [5.74, 6) is 0.719. The highest BCUT2D eigenvalue weighted by Crippen LogP contribution is 2.23. The molecule has 3 rings (SSSR count). The minimum Gasteiger partial charge on any atom is -0.378 e. The number of nitrogens with one attached hydrogen (secondary N) is 1. The van der Waals surface area contributed by atoms with Gasteiger partial charge in [0.2, 0.25) is 5.91 Å². The van der Waals surface area contributed by atoms with Crippen LogP contribution < -0.4 is 5.32 Å². The van der Waals surface area contributed by atoms with Crippen molar-refractivity contribution in [2.75, 3.05) is 26.3 Å². The number of imidazole rings is 1. The molecule has 3 heterocycles. The van der Waals surface area contributed by atoms with Gasteiger partial charge in [0.15, 0.2) is 5.78 Å². The van der Waals surface area contributed by atoms with E-state index < -0.39 is 0 Å². The number of fused-ring (bicyclic) bond motifs is 1. The van der Waals surface area contributed by atoms with Crippen molar-refractivity contribution in [3.05, 3.63) is 29.9 Å². The standard InChI is InChI=1S/C16H22N4O3/c1-11-8-19(9-15-18-7-14(12(2)21)20(11)15)16(22)4-3-13-10-23-6-5-17-13/h3-4,7,11,13,17H,5-6,8-10H2,1-2H3/b4-3+. The van der Waals surface area contributed by atoms with E-state index in [1.165, 1.54) is 6.92 Å². The van der Waals surface area contributed by atoms with Crippen LogP contribution in [-0.2, 0) is 16.1 Å². The summed E-state index contributed by atoms with van der Waals surface area (Å²) in [4.78, 5) is 30.1. The van der Waals surface area contributed by atoms with Gasteiger partial charge in [-0.1, -0.05) is 6.08 Å². The van der Waals surface area contributed by atoms with Crippen molar-refractivity contribution in [1.82, 2.24) is 19.8 Å². The summed E-state index contributed by atoms with van der Waals surface area (Å²) in [6, 6.07) is 0.120. The van der Waals surface area contributed by atoms with Crippen LogP contribution in [0.2, 0.25) is 0 Å². The normalized spacial score (nSPS) is 24.7. The Morgan fingerprint density at radius 1 is 1.48 bits per heavy atom. The van der Waals surface area contributed by atoms with E-state index in [-0.39, 0.29) is 23.8 Å². The highest BCUT2D eigenvalue weighted by molar-refractivity contribution is 5.92. The molecule has 1 saturated heterocycles. The van der Waals surface area contributed by atoms with Crippen LogP contribution in [0.25, 0.3) is 0 Å². The van der Waals surface area contributed by atoms with Gasteiger partial charge in [0.1, 0.15) is 11.5 Å². The van der Waals surface area contributed by atoms with Crippen molar-refractivity contribution < 1.29 is 14.3 Å².